The third-order valence-electron chi connectivity index (χ3n) is 3.59. The predicted molar refractivity (Wildman–Crippen MR) is 73.1 cm³/mol. The minimum atomic E-state index is -0.668. The fourth-order valence-electron chi connectivity index (χ4n) is 2.54. The molecule has 1 aliphatic heterocycles. The summed E-state index contributed by atoms with van der Waals surface area (Å²) in [6.45, 7) is 4.04. The van der Waals surface area contributed by atoms with E-state index in [4.69, 9.17) is 0 Å². The molecule has 1 saturated heterocycles. The Morgan fingerprint density at radius 1 is 1.37 bits per heavy atom. The van der Waals surface area contributed by atoms with Gasteiger partial charge in [-0.25, -0.2) is 0 Å². The summed E-state index contributed by atoms with van der Waals surface area (Å²) in [4.78, 5) is 13.5. The molecule has 19 heavy (non-hydrogen) atoms. The smallest absolute Gasteiger partial charge is 0.218 e. The van der Waals surface area contributed by atoms with Crippen molar-refractivity contribution in [1.29, 1.82) is 5.26 Å². The van der Waals surface area contributed by atoms with Gasteiger partial charge >= 0.3 is 0 Å². The zero-order valence-electron chi connectivity index (χ0n) is 11.2. The molecule has 1 heterocycles. The van der Waals surface area contributed by atoms with Crippen LogP contribution in [-0.2, 0) is 11.3 Å². The van der Waals surface area contributed by atoms with Crippen molar-refractivity contribution in [3.05, 3.63) is 35.9 Å². The number of amides is 1. The maximum Gasteiger partial charge on any atom is 0.218 e. The molecule has 4 nitrogen and oxygen atoms in total. The molecule has 1 aromatic carbocycles. The fraction of sp³-hybridized carbons (Fsp3) is 0.467. The topological polar surface area (TPSA) is 56.1 Å². The summed E-state index contributed by atoms with van der Waals surface area (Å²) >= 11 is 0. The number of hydrogen-bond acceptors (Lipinski definition) is 3. The first kappa shape index (κ1) is 13.6. The van der Waals surface area contributed by atoms with Crippen LogP contribution in [0.15, 0.2) is 30.3 Å². The number of nitriles is 1. The molecule has 4 heteroatoms. The Bertz CT molecular complexity index is 470. The van der Waals surface area contributed by atoms with Crippen molar-refractivity contribution in [3.63, 3.8) is 0 Å². The Morgan fingerprint density at radius 3 is 2.53 bits per heavy atom. The second-order valence-corrected chi connectivity index (χ2v) is 5.14. The second-order valence-electron chi connectivity index (χ2n) is 5.14. The molecule has 0 bridgehead atoms. The summed E-state index contributed by atoms with van der Waals surface area (Å²) in [7, 11) is 0. The van der Waals surface area contributed by atoms with Crippen LogP contribution in [0.5, 0.6) is 0 Å². The first-order chi connectivity index (χ1) is 9.13. The number of nitrogens with zero attached hydrogens (tertiary/aromatic N) is 2. The molecule has 100 valence electrons. The van der Waals surface area contributed by atoms with Gasteiger partial charge in [-0.3, -0.25) is 9.69 Å². The van der Waals surface area contributed by atoms with Gasteiger partial charge in [0.1, 0.15) is 5.54 Å². The molecule has 1 aliphatic rings. The maximum atomic E-state index is 11.2. The lowest BCUT2D eigenvalue weighted by Crippen LogP contribution is -2.53. The Kier molecular flexibility index (Phi) is 4.18. The molecule has 0 spiro atoms. The molecular weight excluding hydrogens is 238 g/mol. The van der Waals surface area contributed by atoms with Gasteiger partial charge in [-0.15, -0.1) is 0 Å². The number of likely N-dealkylation sites (tertiary alicyclic amines) is 1. The quantitative estimate of drug-likeness (QED) is 0.896. The van der Waals surface area contributed by atoms with Gasteiger partial charge in [0.05, 0.1) is 6.07 Å². The average Bonchev–Trinajstić information content (AvgIpc) is 2.42. The van der Waals surface area contributed by atoms with Gasteiger partial charge in [0, 0.05) is 26.6 Å². The van der Waals surface area contributed by atoms with Crippen LogP contribution in [0.4, 0.5) is 0 Å². The lowest BCUT2D eigenvalue weighted by atomic mass is 9.88. The van der Waals surface area contributed by atoms with Gasteiger partial charge in [0.2, 0.25) is 5.91 Å². The number of benzene rings is 1. The van der Waals surface area contributed by atoms with Gasteiger partial charge < -0.3 is 5.32 Å². The van der Waals surface area contributed by atoms with E-state index in [-0.39, 0.29) is 5.91 Å². The summed E-state index contributed by atoms with van der Waals surface area (Å²) in [6, 6.07) is 12.6. The van der Waals surface area contributed by atoms with Crippen LogP contribution in [0.2, 0.25) is 0 Å². The number of nitrogens with one attached hydrogen (secondary N) is 1. The molecule has 1 amide bonds. The molecule has 0 radical (unpaired) electrons. The van der Waals surface area contributed by atoms with E-state index in [1.165, 1.54) is 12.5 Å². The van der Waals surface area contributed by atoms with Gasteiger partial charge in [-0.2, -0.15) is 5.26 Å². The normalized spacial score (nSPS) is 18.5. The van der Waals surface area contributed by atoms with Crippen molar-refractivity contribution in [2.24, 2.45) is 0 Å². The van der Waals surface area contributed by atoms with E-state index < -0.39 is 5.54 Å². The van der Waals surface area contributed by atoms with Crippen molar-refractivity contribution in [2.45, 2.75) is 31.8 Å². The zero-order valence-corrected chi connectivity index (χ0v) is 11.2. The Hall–Kier alpha value is -1.86. The number of hydrogen-bond donors (Lipinski definition) is 1. The lowest BCUT2D eigenvalue weighted by Gasteiger charge is -2.37. The van der Waals surface area contributed by atoms with E-state index in [2.05, 4.69) is 28.4 Å². The van der Waals surface area contributed by atoms with Crippen LogP contribution < -0.4 is 5.32 Å². The van der Waals surface area contributed by atoms with Crippen molar-refractivity contribution in [1.82, 2.24) is 10.2 Å². The van der Waals surface area contributed by atoms with Crippen molar-refractivity contribution in [3.8, 4) is 6.07 Å². The monoisotopic (exact) mass is 257 g/mol. The highest BCUT2D eigenvalue weighted by molar-refractivity contribution is 5.74. The van der Waals surface area contributed by atoms with E-state index in [9.17, 15) is 10.1 Å². The van der Waals surface area contributed by atoms with Crippen LogP contribution in [0.25, 0.3) is 0 Å². The SMILES string of the molecule is CC(=O)NC1(C#N)CCN(Cc2ccccc2)CC1. The van der Waals surface area contributed by atoms with E-state index in [0.717, 1.165) is 19.6 Å². The minimum absolute atomic E-state index is 0.127. The molecule has 0 saturated carbocycles. The standard InChI is InChI=1S/C15H19N3O/c1-13(19)17-15(12-16)7-9-18(10-8-15)11-14-5-3-2-4-6-14/h2-6H,7-11H2,1H3,(H,17,19). The summed E-state index contributed by atoms with van der Waals surface area (Å²) in [5.74, 6) is -0.127. The molecule has 0 unspecified atom stereocenters. The van der Waals surface area contributed by atoms with Crippen LogP contribution in [-0.4, -0.2) is 29.4 Å². The number of carbonyl (C=O) groups excluding carboxylic acids is 1. The Morgan fingerprint density at radius 2 is 2.00 bits per heavy atom. The second kappa shape index (κ2) is 5.85. The molecular formula is C15H19N3O. The van der Waals surface area contributed by atoms with Crippen LogP contribution >= 0.6 is 0 Å². The fourth-order valence-corrected chi connectivity index (χ4v) is 2.54. The van der Waals surface area contributed by atoms with Crippen molar-refractivity contribution in [2.75, 3.05) is 13.1 Å². The first-order valence-electron chi connectivity index (χ1n) is 6.60. The van der Waals surface area contributed by atoms with E-state index in [1.54, 1.807) is 0 Å². The average molecular weight is 257 g/mol. The van der Waals surface area contributed by atoms with E-state index >= 15 is 0 Å². The zero-order chi connectivity index (χ0) is 13.7. The first-order valence-corrected chi connectivity index (χ1v) is 6.60. The van der Waals surface area contributed by atoms with Crippen LogP contribution in [0.1, 0.15) is 25.3 Å². The van der Waals surface area contributed by atoms with Crippen LogP contribution in [0, 0.1) is 11.3 Å². The minimum Gasteiger partial charge on any atom is -0.338 e. The van der Waals surface area contributed by atoms with Gasteiger partial charge in [-0.05, 0) is 18.4 Å². The molecule has 1 N–H and O–H groups in total. The van der Waals surface area contributed by atoms with Crippen molar-refractivity contribution >= 4 is 5.91 Å². The summed E-state index contributed by atoms with van der Waals surface area (Å²) in [5.41, 5.74) is 0.616. The summed E-state index contributed by atoms with van der Waals surface area (Å²) in [5, 5.41) is 12.1. The molecule has 0 aromatic heterocycles. The van der Waals surface area contributed by atoms with Crippen LogP contribution in [0.3, 0.4) is 0 Å². The largest absolute Gasteiger partial charge is 0.338 e. The Labute approximate surface area is 114 Å². The van der Waals surface area contributed by atoms with Gasteiger partial charge in [0.25, 0.3) is 0 Å². The lowest BCUT2D eigenvalue weighted by molar-refractivity contribution is -0.120. The Balaban J connectivity index is 1.92. The summed E-state index contributed by atoms with van der Waals surface area (Å²) < 4.78 is 0. The van der Waals surface area contributed by atoms with Gasteiger partial charge in [-0.1, -0.05) is 30.3 Å². The summed E-state index contributed by atoms with van der Waals surface area (Å²) in [6.07, 6.45) is 1.38. The highest BCUT2D eigenvalue weighted by atomic mass is 16.1. The molecule has 0 atom stereocenters. The highest BCUT2D eigenvalue weighted by Gasteiger charge is 2.35. The maximum absolute atomic E-state index is 11.2. The molecule has 1 aromatic rings. The predicted octanol–water partition coefficient (Wildman–Crippen LogP) is 1.68. The van der Waals surface area contributed by atoms with E-state index in [1.807, 2.05) is 18.2 Å². The molecule has 2 rings (SSSR count). The third kappa shape index (κ3) is 3.55. The van der Waals surface area contributed by atoms with E-state index in [0.29, 0.717) is 12.8 Å². The third-order valence-corrected chi connectivity index (χ3v) is 3.59. The number of rotatable bonds is 3. The number of piperidine rings is 1. The molecule has 0 aliphatic carbocycles. The van der Waals surface area contributed by atoms with Crippen molar-refractivity contribution < 1.29 is 4.79 Å². The van der Waals surface area contributed by atoms with Gasteiger partial charge in [0.15, 0.2) is 0 Å². The highest BCUT2D eigenvalue weighted by Crippen LogP contribution is 2.22. The number of carbonyl (C=O) groups is 1. The molecule has 1 fully saturated rings.